The van der Waals surface area contributed by atoms with Crippen molar-refractivity contribution in [2.24, 2.45) is 5.92 Å². The third kappa shape index (κ3) is 5.46. The van der Waals surface area contributed by atoms with Crippen LogP contribution in [0.3, 0.4) is 0 Å². The number of methoxy groups -OCH3 is 2. The van der Waals surface area contributed by atoms with Gasteiger partial charge in [-0.1, -0.05) is 37.1 Å². The molecule has 0 radical (unpaired) electrons. The van der Waals surface area contributed by atoms with Crippen LogP contribution >= 0.6 is 0 Å². The van der Waals surface area contributed by atoms with E-state index in [9.17, 15) is 19.8 Å². The van der Waals surface area contributed by atoms with Gasteiger partial charge in [0.05, 0.1) is 26.4 Å². The van der Waals surface area contributed by atoms with Gasteiger partial charge in [-0.05, 0) is 48.6 Å². The highest BCUT2D eigenvalue weighted by Crippen LogP contribution is 2.50. The Morgan fingerprint density at radius 3 is 2.79 bits per heavy atom. The second-order valence-corrected chi connectivity index (χ2v) is 10.8. The van der Waals surface area contributed by atoms with Gasteiger partial charge < -0.3 is 30.0 Å². The minimum Gasteiger partial charge on any atom is -0.504 e. The number of aromatic nitrogens is 1. The SMILES string of the molecule is COC(=O)[C@H](Cc1c[nH]c2ccccc12)NC(=O)CN1CC[C@@]2(O)CCCC[C@@H]2[C@H]1c1ccc(O)c(OC)c1. The molecule has 1 amide bonds. The first-order chi connectivity index (χ1) is 18.8. The van der Waals surface area contributed by atoms with Gasteiger partial charge in [0, 0.05) is 42.0 Å². The van der Waals surface area contributed by atoms with E-state index in [4.69, 9.17) is 9.47 Å². The number of nitrogens with one attached hydrogen (secondary N) is 2. The number of esters is 1. The molecule has 9 heteroatoms. The van der Waals surface area contributed by atoms with Gasteiger partial charge in [0.15, 0.2) is 11.5 Å². The van der Waals surface area contributed by atoms with Crippen LogP contribution in [-0.4, -0.2) is 70.9 Å². The highest BCUT2D eigenvalue weighted by molar-refractivity contribution is 5.88. The lowest BCUT2D eigenvalue weighted by Crippen LogP contribution is -2.57. The Kier molecular flexibility index (Phi) is 7.81. The number of phenols is 1. The molecule has 2 aromatic carbocycles. The third-order valence-corrected chi connectivity index (χ3v) is 8.48. The summed E-state index contributed by atoms with van der Waals surface area (Å²) in [5, 5.41) is 25.6. The zero-order chi connectivity index (χ0) is 27.6. The van der Waals surface area contributed by atoms with Gasteiger partial charge in [-0.15, -0.1) is 0 Å². The minimum absolute atomic E-state index is 0.0402. The van der Waals surface area contributed by atoms with Crippen molar-refractivity contribution >= 4 is 22.8 Å². The van der Waals surface area contributed by atoms with Crippen LogP contribution in [0.4, 0.5) is 0 Å². The first-order valence-electron chi connectivity index (χ1n) is 13.6. The summed E-state index contributed by atoms with van der Waals surface area (Å²) in [5.41, 5.74) is 1.96. The van der Waals surface area contributed by atoms with E-state index in [-0.39, 0.29) is 30.2 Å². The van der Waals surface area contributed by atoms with Gasteiger partial charge in [-0.25, -0.2) is 4.79 Å². The maximum Gasteiger partial charge on any atom is 0.328 e. The Labute approximate surface area is 228 Å². The number of H-pyrrole nitrogens is 1. The number of likely N-dealkylation sites (tertiary alicyclic amines) is 1. The monoisotopic (exact) mass is 535 g/mol. The van der Waals surface area contributed by atoms with E-state index in [1.165, 1.54) is 14.2 Å². The minimum atomic E-state index is -0.842. The van der Waals surface area contributed by atoms with Crippen molar-refractivity contribution in [2.75, 3.05) is 27.3 Å². The molecule has 0 unspecified atom stereocenters. The number of aromatic amines is 1. The number of ether oxygens (including phenoxy) is 2. The second-order valence-electron chi connectivity index (χ2n) is 10.8. The van der Waals surface area contributed by atoms with E-state index >= 15 is 0 Å². The van der Waals surface area contributed by atoms with E-state index in [1.807, 2.05) is 36.5 Å². The zero-order valence-electron chi connectivity index (χ0n) is 22.5. The predicted molar refractivity (Wildman–Crippen MR) is 146 cm³/mol. The Balaban J connectivity index is 1.38. The fraction of sp³-hybridized carbons (Fsp3) is 0.467. The molecule has 2 fully saturated rings. The molecular formula is C30H37N3O6. The summed E-state index contributed by atoms with van der Waals surface area (Å²) < 4.78 is 10.4. The number of carbonyl (C=O) groups is 2. The van der Waals surface area contributed by atoms with Crippen LogP contribution in [0, 0.1) is 5.92 Å². The zero-order valence-corrected chi connectivity index (χ0v) is 22.5. The molecule has 1 aliphatic carbocycles. The van der Waals surface area contributed by atoms with Crippen molar-refractivity contribution in [2.45, 2.75) is 56.2 Å². The Morgan fingerprint density at radius 1 is 1.18 bits per heavy atom. The number of fused-ring (bicyclic) bond motifs is 2. The smallest absolute Gasteiger partial charge is 0.328 e. The second kappa shape index (κ2) is 11.3. The van der Waals surface area contributed by atoms with Crippen LogP contribution in [0.1, 0.15) is 49.3 Å². The number of aromatic hydroxyl groups is 1. The lowest BCUT2D eigenvalue weighted by atomic mass is 9.66. The van der Waals surface area contributed by atoms with E-state index in [2.05, 4.69) is 15.2 Å². The van der Waals surface area contributed by atoms with E-state index in [0.717, 1.165) is 47.7 Å². The van der Waals surface area contributed by atoms with Crippen LogP contribution in [-0.2, 0) is 20.7 Å². The number of phenolic OH excluding ortho intramolecular Hbond substituents is 1. The predicted octanol–water partition coefficient (Wildman–Crippen LogP) is 3.45. The number of hydrogen-bond acceptors (Lipinski definition) is 7. The molecular weight excluding hydrogens is 498 g/mol. The fourth-order valence-electron chi connectivity index (χ4n) is 6.52. The number of benzene rings is 2. The summed E-state index contributed by atoms with van der Waals surface area (Å²) in [6.45, 7) is 0.585. The number of hydrogen-bond donors (Lipinski definition) is 4. The molecule has 9 nitrogen and oxygen atoms in total. The van der Waals surface area contributed by atoms with Crippen LogP contribution < -0.4 is 10.1 Å². The molecule has 1 saturated carbocycles. The molecule has 1 saturated heterocycles. The van der Waals surface area contributed by atoms with Crippen molar-refractivity contribution in [1.82, 2.24) is 15.2 Å². The van der Waals surface area contributed by atoms with Crippen molar-refractivity contribution in [3.05, 3.63) is 59.8 Å². The van der Waals surface area contributed by atoms with E-state index < -0.39 is 17.6 Å². The molecule has 4 N–H and O–H groups in total. The number of nitrogens with zero attached hydrogens (tertiary/aromatic N) is 1. The number of para-hydroxylation sites is 1. The molecule has 208 valence electrons. The highest BCUT2D eigenvalue weighted by Gasteiger charge is 2.49. The maximum absolute atomic E-state index is 13.4. The van der Waals surface area contributed by atoms with E-state index in [0.29, 0.717) is 25.1 Å². The molecule has 2 heterocycles. The van der Waals surface area contributed by atoms with Gasteiger partial charge in [-0.3, -0.25) is 9.69 Å². The van der Waals surface area contributed by atoms with Crippen LogP contribution in [0.15, 0.2) is 48.7 Å². The van der Waals surface area contributed by atoms with Crippen molar-refractivity contribution in [1.29, 1.82) is 0 Å². The average Bonchev–Trinajstić information content (AvgIpc) is 3.35. The topological polar surface area (TPSA) is 124 Å². The van der Waals surface area contributed by atoms with Gasteiger partial charge >= 0.3 is 5.97 Å². The molecule has 4 atom stereocenters. The Morgan fingerprint density at radius 2 is 2.00 bits per heavy atom. The average molecular weight is 536 g/mol. The quantitative estimate of drug-likeness (QED) is 0.326. The van der Waals surface area contributed by atoms with Gasteiger partial charge in [-0.2, -0.15) is 0 Å². The van der Waals surface area contributed by atoms with Crippen LogP contribution in [0.25, 0.3) is 10.9 Å². The largest absolute Gasteiger partial charge is 0.504 e. The molecule has 1 aliphatic heterocycles. The first-order valence-corrected chi connectivity index (χ1v) is 13.6. The molecule has 3 aromatic rings. The van der Waals surface area contributed by atoms with Crippen molar-refractivity contribution < 1.29 is 29.3 Å². The number of carbonyl (C=O) groups excluding carboxylic acids is 2. The summed E-state index contributed by atoms with van der Waals surface area (Å²) in [5.74, 6) is -0.467. The fourth-order valence-corrected chi connectivity index (χ4v) is 6.52. The summed E-state index contributed by atoms with van der Waals surface area (Å²) in [4.78, 5) is 31.4. The summed E-state index contributed by atoms with van der Waals surface area (Å²) in [7, 11) is 2.82. The van der Waals surface area contributed by atoms with Gasteiger partial charge in [0.1, 0.15) is 6.04 Å². The Hall–Kier alpha value is -3.56. The summed E-state index contributed by atoms with van der Waals surface area (Å²) >= 11 is 0. The van der Waals surface area contributed by atoms with Gasteiger partial charge in [0.25, 0.3) is 0 Å². The third-order valence-electron chi connectivity index (χ3n) is 8.48. The normalized spacial score (nSPS) is 24.1. The molecule has 39 heavy (non-hydrogen) atoms. The standard InChI is InChI=1S/C30H37N3O6/c1-38-26-16-19(10-11-25(26)34)28-22-8-5-6-12-30(22,37)13-14-33(28)18-27(35)32-24(29(36)39-2)15-20-17-31-23-9-4-3-7-21(20)23/h3-4,7,9-11,16-17,22,24,28,31,34,37H,5-6,8,12-15,18H2,1-2H3,(H,32,35)/t22-,24+,28-,30+/m1/s1. The number of piperidine rings is 1. The summed E-state index contributed by atoms with van der Waals surface area (Å²) in [6.07, 6.45) is 6.29. The maximum atomic E-state index is 13.4. The Bertz CT molecular complexity index is 1340. The number of amides is 1. The molecule has 5 rings (SSSR count). The molecule has 0 bridgehead atoms. The molecule has 1 aromatic heterocycles. The van der Waals surface area contributed by atoms with E-state index in [1.54, 1.807) is 12.1 Å². The van der Waals surface area contributed by atoms with Crippen LogP contribution in [0.2, 0.25) is 0 Å². The van der Waals surface area contributed by atoms with Gasteiger partial charge in [0.2, 0.25) is 5.91 Å². The van der Waals surface area contributed by atoms with Crippen molar-refractivity contribution in [3.63, 3.8) is 0 Å². The highest BCUT2D eigenvalue weighted by atomic mass is 16.5. The number of aliphatic hydroxyl groups is 1. The first kappa shape index (κ1) is 27.0. The number of rotatable bonds is 8. The van der Waals surface area contributed by atoms with Crippen LogP contribution in [0.5, 0.6) is 11.5 Å². The lowest BCUT2D eigenvalue weighted by Gasteiger charge is -2.52. The molecule has 2 aliphatic rings. The lowest BCUT2D eigenvalue weighted by molar-refractivity contribution is -0.146. The summed E-state index contributed by atoms with van der Waals surface area (Å²) in [6, 6.07) is 12.0. The van der Waals surface area contributed by atoms with Crippen molar-refractivity contribution in [3.8, 4) is 11.5 Å². The molecule has 0 spiro atoms.